The van der Waals surface area contributed by atoms with Crippen molar-refractivity contribution < 1.29 is 14.7 Å². The SMILES string of the molecule is CN1C(=O)CCC(C(=O)O)C1c1ccc(Br)cn1. The quantitative estimate of drug-likeness (QED) is 0.904. The Hall–Kier alpha value is -1.43. The number of aliphatic carboxylic acids is 1. The fourth-order valence-electron chi connectivity index (χ4n) is 2.26. The van der Waals surface area contributed by atoms with Crippen LogP contribution in [-0.2, 0) is 9.59 Å². The molecule has 18 heavy (non-hydrogen) atoms. The number of piperidine rings is 1. The molecule has 2 unspecified atom stereocenters. The summed E-state index contributed by atoms with van der Waals surface area (Å²) < 4.78 is 0.822. The van der Waals surface area contributed by atoms with Crippen molar-refractivity contribution in [2.45, 2.75) is 18.9 Å². The summed E-state index contributed by atoms with van der Waals surface area (Å²) in [4.78, 5) is 28.7. The first-order valence-electron chi connectivity index (χ1n) is 5.60. The van der Waals surface area contributed by atoms with E-state index in [2.05, 4.69) is 20.9 Å². The number of halogens is 1. The molecule has 1 fully saturated rings. The maximum Gasteiger partial charge on any atom is 0.309 e. The van der Waals surface area contributed by atoms with Gasteiger partial charge in [-0.3, -0.25) is 14.6 Å². The molecular weight excluding hydrogens is 300 g/mol. The van der Waals surface area contributed by atoms with Crippen molar-refractivity contribution in [3.05, 3.63) is 28.5 Å². The van der Waals surface area contributed by atoms with E-state index >= 15 is 0 Å². The van der Waals surface area contributed by atoms with Crippen molar-refractivity contribution in [2.24, 2.45) is 5.92 Å². The molecule has 5 nitrogen and oxygen atoms in total. The number of carbonyl (C=O) groups excluding carboxylic acids is 1. The molecule has 0 spiro atoms. The van der Waals surface area contributed by atoms with E-state index in [0.29, 0.717) is 12.1 Å². The highest BCUT2D eigenvalue weighted by Crippen LogP contribution is 2.35. The van der Waals surface area contributed by atoms with Crippen molar-refractivity contribution in [3.8, 4) is 0 Å². The molecule has 0 aliphatic carbocycles. The molecule has 0 radical (unpaired) electrons. The first-order valence-corrected chi connectivity index (χ1v) is 6.40. The summed E-state index contributed by atoms with van der Waals surface area (Å²) in [5.41, 5.74) is 0.612. The van der Waals surface area contributed by atoms with Crippen LogP contribution in [-0.4, -0.2) is 33.9 Å². The molecule has 0 bridgehead atoms. The van der Waals surface area contributed by atoms with Gasteiger partial charge >= 0.3 is 5.97 Å². The van der Waals surface area contributed by atoms with Gasteiger partial charge in [0.15, 0.2) is 0 Å². The molecule has 96 valence electrons. The zero-order valence-electron chi connectivity index (χ0n) is 9.84. The predicted octanol–water partition coefficient (Wildman–Crippen LogP) is 1.84. The summed E-state index contributed by atoms with van der Waals surface area (Å²) in [6, 6.07) is 3.06. The second-order valence-electron chi connectivity index (χ2n) is 4.33. The van der Waals surface area contributed by atoms with E-state index in [4.69, 9.17) is 0 Å². The van der Waals surface area contributed by atoms with E-state index in [1.807, 2.05) is 0 Å². The van der Waals surface area contributed by atoms with Crippen LogP contribution in [0, 0.1) is 5.92 Å². The first-order chi connectivity index (χ1) is 8.50. The average Bonchev–Trinajstić information content (AvgIpc) is 2.33. The van der Waals surface area contributed by atoms with E-state index in [9.17, 15) is 14.7 Å². The lowest BCUT2D eigenvalue weighted by atomic mass is 9.87. The summed E-state index contributed by atoms with van der Waals surface area (Å²) in [6.45, 7) is 0. The minimum atomic E-state index is -0.885. The molecule has 0 saturated carbocycles. The van der Waals surface area contributed by atoms with E-state index in [0.717, 1.165) is 4.47 Å². The fraction of sp³-hybridized carbons (Fsp3) is 0.417. The third-order valence-corrected chi connectivity index (χ3v) is 3.70. The molecule has 1 saturated heterocycles. The molecule has 6 heteroatoms. The number of carboxylic acids is 1. The molecule has 1 aromatic heterocycles. The largest absolute Gasteiger partial charge is 0.481 e. The van der Waals surface area contributed by atoms with E-state index in [1.165, 1.54) is 4.90 Å². The number of carboxylic acid groups (broad SMARTS) is 1. The number of rotatable bonds is 2. The molecule has 2 rings (SSSR count). The van der Waals surface area contributed by atoms with Gasteiger partial charge < -0.3 is 10.0 Å². The summed E-state index contributed by atoms with van der Waals surface area (Å²) in [5.74, 6) is -1.52. The van der Waals surface area contributed by atoms with Crippen LogP contribution in [0.5, 0.6) is 0 Å². The minimum Gasteiger partial charge on any atom is -0.481 e. The second kappa shape index (κ2) is 5.06. The molecule has 1 aliphatic heterocycles. The van der Waals surface area contributed by atoms with Crippen LogP contribution in [0.3, 0.4) is 0 Å². The summed E-state index contributed by atoms with van der Waals surface area (Å²) in [7, 11) is 1.63. The van der Waals surface area contributed by atoms with Gasteiger partial charge in [-0.15, -0.1) is 0 Å². The maximum atomic E-state index is 11.7. The van der Waals surface area contributed by atoms with Crippen molar-refractivity contribution in [2.75, 3.05) is 7.05 Å². The van der Waals surface area contributed by atoms with E-state index in [1.54, 1.807) is 25.4 Å². The Morgan fingerprint density at radius 1 is 1.56 bits per heavy atom. The van der Waals surface area contributed by atoms with Gasteiger partial charge in [-0.1, -0.05) is 0 Å². The highest BCUT2D eigenvalue weighted by molar-refractivity contribution is 9.10. The zero-order valence-corrected chi connectivity index (χ0v) is 11.4. The molecule has 1 amide bonds. The Bertz CT molecular complexity index is 475. The number of likely N-dealkylation sites (tertiary alicyclic amines) is 1. The topological polar surface area (TPSA) is 70.5 Å². The number of pyridine rings is 1. The smallest absolute Gasteiger partial charge is 0.309 e. The Balaban J connectivity index is 2.37. The Kier molecular flexibility index (Phi) is 3.65. The average molecular weight is 313 g/mol. The summed E-state index contributed by atoms with van der Waals surface area (Å²) >= 11 is 3.28. The van der Waals surface area contributed by atoms with Crippen LogP contribution < -0.4 is 0 Å². The lowest BCUT2D eigenvalue weighted by molar-refractivity contribution is -0.151. The van der Waals surface area contributed by atoms with Crippen molar-refractivity contribution in [1.29, 1.82) is 0 Å². The molecule has 1 aliphatic rings. The van der Waals surface area contributed by atoms with Gasteiger partial charge in [-0.05, 0) is 34.5 Å². The third-order valence-electron chi connectivity index (χ3n) is 3.23. The van der Waals surface area contributed by atoms with Gasteiger partial charge in [-0.2, -0.15) is 0 Å². The third kappa shape index (κ3) is 2.38. The summed E-state index contributed by atoms with van der Waals surface area (Å²) in [6.07, 6.45) is 2.25. The predicted molar refractivity (Wildman–Crippen MR) is 67.8 cm³/mol. The van der Waals surface area contributed by atoms with Crippen LogP contribution in [0.15, 0.2) is 22.8 Å². The lowest BCUT2D eigenvalue weighted by Gasteiger charge is -2.36. The van der Waals surface area contributed by atoms with E-state index in [-0.39, 0.29) is 12.3 Å². The number of aromatic nitrogens is 1. The molecule has 2 atom stereocenters. The lowest BCUT2D eigenvalue weighted by Crippen LogP contribution is -2.43. The Morgan fingerprint density at radius 3 is 2.83 bits per heavy atom. The minimum absolute atomic E-state index is 0.0396. The fourth-order valence-corrected chi connectivity index (χ4v) is 2.50. The van der Waals surface area contributed by atoms with Crippen molar-refractivity contribution in [3.63, 3.8) is 0 Å². The van der Waals surface area contributed by atoms with Crippen LogP contribution in [0.4, 0.5) is 0 Å². The number of nitrogens with zero attached hydrogens (tertiary/aromatic N) is 2. The van der Waals surface area contributed by atoms with Gasteiger partial charge in [0, 0.05) is 24.1 Å². The molecule has 1 N–H and O–H groups in total. The molecule has 1 aromatic rings. The van der Waals surface area contributed by atoms with Crippen molar-refractivity contribution in [1.82, 2.24) is 9.88 Å². The molecule has 2 heterocycles. The monoisotopic (exact) mass is 312 g/mol. The summed E-state index contributed by atoms with van der Waals surface area (Å²) in [5, 5.41) is 9.25. The zero-order chi connectivity index (χ0) is 13.3. The Labute approximate surface area is 113 Å². The number of carbonyl (C=O) groups is 2. The van der Waals surface area contributed by atoms with Crippen LogP contribution in [0.1, 0.15) is 24.6 Å². The van der Waals surface area contributed by atoms with Crippen LogP contribution in [0.2, 0.25) is 0 Å². The van der Waals surface area contributed by atoms with Crippen molar-refractivity contribution >= 4 is 27.8 Å². The van der Waals surface area contributed by atoms with Gasteiger partial charge in [0.25, 0.3) is 0 Å². The van der Waals surface area contributed by atoms with Crippen LogP contribution >= 0.6 is 15.9 Å². The first kappa shape index (κ1) is 13.0. The van der Waals surface area contributed by atoms with Crippen LogP contribution in [0.25, 0.3) is 0 Å². The standard InChI is InChI=1S/C12H13BrN2O3/c1-15-10(16)5-3-8(12(17)18)11(15)9-4-2-7(13)6-14-9/h2,4,6,8,11H,3,5H2,1H3,(H,17,18). The normalized spacial score (nSPS) is 24.1. The second-order valence-corrected chi connectivity index (χ2v) is 5.25. The number of hydrogen-bond acceptors (Lipinski definition) is 3. The number of hydrogen-bond donors (Lipinski definition) is 1. The molecular formula is C12H13BrN2O3. The van der Waals surface area contributed by atoms with E-state index < -0.39 is 17.9 Å². The maximum absolute atomic E-state index is 11.7. The highest BCUT2D eigenvalue weighted by Gasteiger charge is 2.39. The van der Waals surface area contributed by atoms with Gasteiger partial charge in [0.2, 0.25) is 5.91 Å². The van der Waals surface area contributed by atoms with Gasteiger partial charge in [0.1, 0.15) is 0 Å². The van der Waals surface area contributed by atoms with Gasteiger partial charge in [-0.25, -0.2) is 0 Å². The van der Waals surface area contributed by atoms with Gasteiger partial charge in [0.05, 0.1) is 17.7 Å². The molecule has 0 aromatic carbocycles. The highest BCUT2D eigenvalue weighted by atomic mass is 79.9. The Morgan fingerprint density at radius 2 is 2.28 bits per heavy atom. The number of amides is 1.